The number of carbonyl (C=O) groups excluding carboxylic acids is 1. The first kappa shape index (κ1) is 18.7. The van der Waals surface area contributed by atoms with E-state index in [9.17, 15) is 14.9 Å². The van der Waals surface area contributed by atoms with Crippen LogP contribution in [-0.2, 0) is 6.54 Å². The molecule has 1 aromatic heterocycles. The molecule has 7 nitrogen and oxygen atoms in total. The average molecular weight is 391 g/mol. The molecule has 0 aliphatic carbocycles. The Morgan fingerprint density at radius 2 is 1.93 bits per heavy atom. The molecule has 148 valence electrons. The topological polar surface area (TPSA) is 77.6 Å². The lowest BCUT2D eigenvalue weighted by Gasteiger charge is -2.37. The van der Waals surface area contributed by atoms with Crippen molar-refractivity contribution < 1.29 is 14.5 Å². The highest BCUT2D eigenvalue weighted by Crippen LogP contribution is 2.35. The highest BCUT2D eigenvalue weighted by molar-refractivity contribution is 5.95. The van der Waals surface area contributed by atoms with Gasteiger partial charge in [-0.05, 0) is 36.8 Å². The van der Waals surface area contributed by atoms with Crippen LogP contribution in [0, 0.1) is 10.1 Å². The highest BCUT2D eigenvalue weighted by Gasteiger charge is 2.33. The zero-order valence-electron chi connectivity index (χ0n) is 16.0. The van der Waals surface area contributed by atoms with Gasteiger partial charge in [0.25, 0.3) is 5.91 Å². The Bertz CT molecular complexity index is 1050. The number of hydrogen-bond acceptors (Lipinski definition) is 4. The molecular weight excluding hydrogens is 370 g/mol. The fourth-order valence-corrected chi connectivity index (χ4v) is 3.82. The third kappa shape index (κ3) is 3.47. The zero-order chi connectivity index (χ0) is 20.4. The summed E-state index contributed by atoms with van der Waals surface area (Å²) in [5.41, 5.74) is 2.10. The van der Waals surface area contributed by atoms with Gasteiger partial charge in [0, 0.05) is 36.6 Å². The van der Waals surface area contributed by atoms with E-state index in [1.165, 1.54) is 12.1 Å². The van der Waals surface area contributed by atoms with E-state index in [0.717, 1.165) is 11.3 Å². The van der Waals surface area contributed by atoms with E-state index in [1.54, 1.807) is 17.9 Å². The van der Waals surface area contributed by atoms with Crippen molar-refractivity contribution in [1.82, 2.24) is 9.47 Å². The van der Waals surface area contributed by atoms with Crippen LogP contribution in [-0.4, -0.2) is 33.4 Å². The maximum absolute atomic E-state index is 13.4. The van der Waals surface area contributed by atoms with Crippen LogP contribution >= 0.6 is 0 Å². The van der Waals surface area contributed by atoms with E-state index in [0.29, 0.717) is 19.7 Å². The second kappa shape index (κ2) is 7.79. The molecule has 2 aromatic carbocycles. The van der Waals surface area contributed by atoms with Gasteiger partial charge in [-0.25, -0.2) is 0 Å². The summed E-state index contributed by atoms with van der Waals surface area (Å²) in [6.07, 6.45) is 2.01. The second-order valence-electron chi connectivity index (χ2n) is 6.81. The minimum atomic E-state index is -0.516. The molecule has 0 bridgehead atoms. The molecule has 1 aliphatic rings. The number of hydrogen-bond donors (Lipinski definition) is 0. The van der Waals surface area contributed by atoms with Crippen LogP contribution in [0.5, 0.6) is 5.75 Å². The van der Waals surface area contributed by atoms with Gasteiger partial charge in [-0.3, -0.25) is 14.9 Å². The van der Waals surface area contributed by atoms with Gasteiger partial charge in [0.1, 0.15) is 0 Å². The first-order chi connectivity index (χ1) is 14.1. The third-order valence-electron chi connectivity index (χ3n) is 5.12. The minimum Gasteiger partial charge on any atom is -0.487 e. The molecule has 0 saturated heterocycles. The summed E-state index contributed by atoms with van der Waals surface area (Å²) in [6.45, 7) is 3.26. The standard InChI is InChI=1S/C22H21N3O4/c1-2-29-20-11-10-17(15-19(20)25(27)28)22(26)24-14-13-23-12-6-9-18(23)21(24)16-7-4-3-5-8-16/h3-12,15,21H,2,13-14H2,1H3. The van der Waals surface area contributed by atoms with Crippen LogP contribution in [0.15, 0.2) is 66.9 Å². The van der Waals surface area contributed by atoms with Crippen molar-refractivity contribution >= 4 is 11.6 Å². The van der Waals surface area contributed by atoms with Crippen LogP contribution in [0.4, 0.5) is 5.69 Å². The summed E-state index contributed by atoms with van der Waals surface area (Å²) in [7, 11) is 0. The van der Waals surface area contributed by atoms with Crippen molar-refractivity contribution in [3.8, 4) is 5.75 Å². The number of nitro groups is 1. The maximum atomic E-state index is 13.4. The van der Waals surface area contributed by atoms with Crippen LogP contribution in [0.2, 0.25) is 0 Å². The molecule has 0 N–H and O–H groups in total. The van der Waals surface area contributed by atoms with E-state index in [1.807, 2.05) is 48.7 Å². The smallest absolute Gasteiger partial charge is 0.311 e. The first-order valence-electron chi connectivity index (χ1n) is 9.52. The Morgan fingerprint density at radius 1 is 1.14 bits per heavy atom. The number of aromatic nitrogens is 1. The molecule has 29 heavy (non-hydrogen) atoms. The van der Waals surface area contributed by atoms with Crippen molar-refractivity contribution in [2.24, 2.45) is 0 Å². The van der Waals surface area contributed by atoms with E-state index in [2.05, 4.69) is 4.57 Å². The molecule has 2 heterocycles. The van der Waals surface area contributed by atoms with Crippen LogP contribution in [0.25, 0.3) is 0 Å². The number of nitro benzene ring substituents is 1. The lowest BCUT2D eigenvalue weighted by Crippen LogP contribution is -2.42. The van der Waals surface area contributed by atoms with Crippen molar-refractivity contribution in [2.75, 3.05) is 13.2 Å². The normalized spacial score (nSPS) is 15.6. The van der Waals surface area contributed by atoms with Gasteiger partial charge < -0.3 is 14.2 Å². The molecule has 1 aliphatic heterocycles. The van der Waals surface area contributed by atoms with Gasteiger partial charge in [-0.15, -0.1) is 0 Å². The fraction of sp³-hybridized carbons (Fsp3) is 0.227. The SMILES string of the molecule is CCOc1ccc(C(=O)N2CCn3cccc3C2c2ccccc2)cc1[N+](=O)[O-]. The summed E-state index contributed by atoms with van der Waals surface area (Å²) in [5.74, 6) is -0.0707. The van der Waals surface area contributed by atoms with Crippen molar-refractivity contribution in [3.63, 3.8) is 0 Å². The number of ether oxygens (including phenoxy) is 1. The number of nitrogens with zero attached hydrogens (tertiary/aromatic N) is 3. The molecule has 0 fully saturated rings. The lowest BCUT2D eigenvalue weighted by atomic mass is 9.99. The zero-order valence-corrected chi connectivity index (χ0v) is 16.0. The largest absolute Gasteiger partial charge is 0.487 e. The Labute approximate surface area is 168 Å². The summed E-state index contributed by atoms with van der Waals surface area (Å²) in [5, 5.41) is 11.5. The maximum Gasteiger partial charge on any atom is 0.311 e. The number of amides is 1. The highest BCUT2D eigenvalue weighted by atomic mass is 16.6. The minimum absolute atomic E-state index is 0.168. The molecule has 3 aromatic rings. The van der Waals surface area contributed by atoms with Gasteiger partial charge in [-0.1, -0.05) is 30.3 Å². The van der Waals surface area contributed by atoms with Crippen LogP contribution in [0.3, 0.4) is 0 Å². The quantitative estimate of drug-likeness (QED) is 0.486. The van der Waals surface area contributed by atoms with E-state index < -0.39 is 4.92 Å². The number of rotatable bonds is 5. The number of benzene rings is 2. The summed E-state index contributed by atoms with van der Waals surface area (Å²) >= 11 is 0. The van der Waals surface area contributed by atoms with Gasteiger partial charge in [0.2, 0.25) is 0 Å². The van der Waals surface area contributed by atoms with Crippen molar-refractivity contribution in [2.45, 2.75) is 19.5 Å². The van der Waals surface area contributed by atoms with Crippen molar-refractivity contribution in [1.29, 1.82) is 0 Å². The Balaban J connectivity index is 1.74. The molecule has 1 amide bonds. The van der Waals surface area contributed by atoms with Gasteiger partial charge in [-0.2, -0.15) is 0 Å². The van der Waals surface area contributed by atoms with E-state index >= 15 is 0 Å². The molecule has 7 heteroatoms. The van der Waals surface area contributed by atoms with Gasteiger partial charge in [0.15, 0.2) is 5.75 Å². The van der Waals surface area contributed by atoms with Gasteiger partial charge in [0.05, 0.1) is 17.6 Å². The summed E-state index contributed by atoms with van der Waals surface area (Å²) in [6, 6.07) is 18.0. The monoisotopic (exact) mass is 391 g/mol. The third-order valence-corrected chi connectivity index (χ3v) is 5.12. The molecule has 0 saturated carbocycles. The van der Waals surface area contributed by atoms with E-state index in [-0.39, 0.29) is 28.9 Å². The molecule has 0 radical (unpaired) electrons. The molecule has 4 rings (SSSR count). The summed E-state index contributed by atoms with van der Waals surface area (Å²) < 4.78 is 7.48. The molecule has 1 atom stereocenters. The number of carbonyl (C=O) groups is 1. The summed E-state index contributed by atoms with van der Waals surface area (Å²) in [4.78, 5) is 26.1. The lowest BCUT2D eigenvalue weighted by molar-refractivity contribution is -0.385. The number of fused-ring (bicyclic) bond motifs is 1. The molecule has 1 unspecified atom stereocenters. The van der Waals surface area contributed by atoms with Gasteiger partial charge >= 0.3 is 5.69 Å². The fourth-order valence-electron chi connectivity index (χ4n) is 3.82. The molecular formula is C22H21N3O4. The Hall–Kier alpha value is -3.61. The molecule has 0 spiro atoms. The Morgan fingerprint density at radius 3 is 2.66 bits per heavy atom. The predicted molar refractivity (Wildman–Crippen MR) is 108 cm³/mol. The second-order valence-corrected chi connectivity index (χ2v) is 6.81. The average Bonchev–Trinajstić information content (AvgIpc) is 3.22. The van der Waals surface area contributed by atoms with E-state index in [4.69, 9.17) is 4.74 Å². The van der Waals surface area contributed by atoms with Crippen molar-refractivity contribution in [3.05, 3.63) is 93.8 Å². The van der Waals surface area contributed by atoms with Crippen LogP contribution < -0.4 is 4.74 Å². The Kier molecular flexibility index (Phi) is 5.03. The first-order valence-corrected chi connectivity index (χ1v) is 9.52. The van der Waals surface area contributed by atoms with Crippen LogP contribution in [0.1, 0.15) is 34.6 Å². The predicted octanol–water partition coefficient (Wildman–Crippen LogP) is 4.04.